The van der Waals surface area contributed by atoms with E-state index in [1.54, 1.807) is 6.92 Å². The number of halogens is 2. The quantitative estimate of drug-likeness (QED) is 0.738. The molecule has 0 heterocycles. The molecule has 1 unspecified atom stereocenters. The molecule has 0 spiro atoms. The van der Waals surface area contributed by atoms with Crippen molar-refractivity contribution < 1.29 is 13.9 Å². The number of nitrogens with two attached hydrogens (primary N) is 1. The Kier molecular flexibility index (Phi) is 2.83. The lowest BCUT2D eigenvalue weighted by atomic mass is 10.1. The van der Waals surface area contributed by atoms with Crippen molar-refractivity contribution in [2.75, 3.05) is 0 Å². The summed E-state index contributed by atoms with van der Waals surface area (Å²) in [6, 6.07) is 2.07. The fourth-order valence-corrected chi connectivity index (χ4v) is 1.12. The van der Waals surface area contributed by atoms with Crippen LogP contribution in [0.15, 0.2) is 12.1 Å². The first-order chi connectivity index (χ1) is 6.00. The summed E-state index contributed by atoms with van der Waals surface area (Å²) in [5.41, 5.74) is 5.96. The third kappa shape index (κ3) is 2.39. The number of rotatable bonds is 2. The predicted octanol–water partition coefficient (Wildman–Crippen LogP) is 1.56. The minimum Gasteiger partial charge on any atom is -0.505 e. The number of aromatic hydroxyl groups is 1. The second kappa shape index (κ2) is 3.70. The molecule has 1 atom stereocenters. The van der Waals surface area contributed by atoms with Gasteiger partial charge >= 0.3 is 0 Å². The molecular formula is C9H11F2NO. The average Bonchev–Trinajstić information content (AvgIpc) is 1.98. The lowest BCUT2D eigenvalue weighted by Crippen LogP contribution is -2.17. The molecule has 0 aliphatic heterocycles. The monoisotopic (exact) mass is 187 g/mol. The van der Waals surface area contributed by atoms with Crippen LogP contribution >= 0.6 is 0 Å². The summed E-state index contributed by atoms with van der Waals surface area (Å²) >= 11 is 0. The molecule has 0 saturated heterocycles. The normalized spacial score (nSPS) is 12.9. The van der Waals surface area contributed by atoms with E-state index in [1.165, 1.54) is 6.07 Å². The van der Waals surface area contributed by atoms with Gasteiger partial charge in [0, 0.05) is 6.04 Å². The SMILES string of the molecule is CC(N)Cc1cc(O)c(F)c(F)c1. The van der Waals surface area contributed by atoms with Crippen LogP contribution in [0, 0.1) is 11.6 Å². The second-order valence-corrected chi connectivity index (χ2v) is 3.09. The summed E-state index contributed by atoms with van der Waals surface area (Å²) in [6.07, 6.45) is 0.408. The van der Waals surface area contributed by atoms with Crippen molar-refractivity contribution in [1.82, 2.24) is 0 Å². The molecule has 13 heavy (non-hydrogen) atoms. The Morgan fingerprint density at radius 2 is 2.08 bits per heavy atom. The number of hydrogen-bond donors (Lipinski definition) is 2. The third-order valence-electron chi connectivity index (χ3n) is 1.63. The maximum Gasteiger partial charge on any atom is 0.200 e. The van der Waals surface area contributed by atoms with Crippen LogP contribution in [0.4, 0.5) is 8.78 Å². The Bertz CT molecular complexity index is 289. The fourth-order valence-electron chi connectivity index (χ4n) is 1.12. The van der Waals surface area contributed by atoms with Crippen LogP contribution in [0.25, 0.3) is 0 Å². The molecule has 4 heteroatoms. The van der Waals surface area contributed by atoms with E-state index in [2.05, 4.69) is 0 Å². The number of phenolic OH excluding ortho intramolecular Hbond substituents is 1. The van der Waals surface area contributed by atoms with Gasteiger partial charge in [-0.1, -0.05) is 0 Å². The van der Waals surface area contributed by atoms with Gasteiger partial charge in [-0.05, 0) is 31.0 Å². The minimum atomic E-state index is -1.21. The summed E-state index contributed by atoms with van der Waals surface area (Å²) < 4.78 is 25.3. The Balaban J connectivity index is 2.99. The fraction of sp³-hybridized carbons (Fsp3) is 0.333. The van der Waals surface area contributed by atoms with E-state index in [0.29, 0.717) is 12.0 Å². The molecular weight excluding hydrogens is 176 g/mol. The summed E-state index contributed by atoms with van der Waals surface area (Å²) in [5.74, 6) is -2.93. The van der Waals surface area contributed by atoms with Crippen molar-refractivity contribution in [3.8, 4) is 5.75 Å². The molecule has 1 rings (SSSR count). The summed E-state index contributed by atoms with van der Waals surface area (Å²) in [7, 11) is 0. The zero-order valence-electron chi connectivity index (χ0n) is 7.22. The van der Waals surface area contributed by atoms with Gasteiger partial charge in [-0.15, -0.1) is 0 Å². The van der Waals surface area contributed by atoms with Crippen molar-refractivity contribution in [3.63, 3.8) is 0 Å². The molecule has 0 aromatic heterocycles. The van der Waals surface area contributed by atoms with E-state index < -0.39 is 17.4 Å². The van der Waals surface area contributed by atoms with E-state index in [9.17, 15) is 8.78 Å². The molecule has 0 saturated carbocycles. The van der Waals surface area contributed by atoms with Crippen LogP contribution < -0.4 is 5.73 Å². The van der Waals surface area contributed by atoms with E-state index in [1.807, 2.05) is 0 Å². The Hall–Kier alpha value is -1.16. The van der Waals surface area contributed by atoms with E-state index >= 15 is 0 Å². The second-order valence-electron chi connectivity index (χ2n) is 3.09. The van der Waals surface area contributed by atoms with Crippen LogP contribution in [0.5, 0.6) is 5.75 Å². The highest BCUT2D eigenvalue weighted by Gasteiger charge is 2.10. The first-order valence-electron chi connectivity index (χ1n) is 3.93. The van der Waals surface area contributed by atoms with E-state index in [4.69, 9.17) is 10.8 Å². The molecule has 2 nitrogen and oxygen atoms in total. The summed E-state index contributed by atoms with van der Waals surface area (Å²) in [4.78, 5) is 0. The van der Waals surface area contributed by atoms with Gasteiger partial charge in [0.05, 0.1) is 0 Å². The topological polar surface area (TPSA) is 46.2 Å². The predicted molar refractivity (Wildman–Crippen MR) is 45.4 cm³/mol. The highest BCUT2D eigenvalue weighted by atomic mass is 19.2. The lowest BCUT2D eigenvalue weighted by molar-refractivity contribution is 0.405. The number of benzene rings is 1. The van der Waals surface area contributed by atoms with Crippen LogP contribution in [0.3, 0.4) is 0 Å². The van der Waals surface area contributed by atoms with Gasteiger partial charge < -0.3 is 10.8 Å². The van der Waals surface area contributed by atoms with Crippen molar-refractivity contribution in [1.29, 1.82) is 0 Å². The van der Waals surface area contributed by atoms with Crippen LogP contribution in [0.1, 0.15) is 12.5 Å². The maximum absolute atomic E-state index is 12.7. The van der Waals surface area contributed by atoms with Gasteiger partial charge in [0.25, 0.3) is 0 Å². The molecule has 3 N–H and O–H groups in total. The molecule has 0 aliphatic rings. The molecule has 0 amide bonds. The smallest absolute Gasteiger partial charge is 0.200 e. The average molecular weight is 187 g/mol. The van der Waals surface area contributed by atoms with Crippen LogP contribution in [0.2, 0.25) is 0 Å². The van der Waals surface area contributed by atoms with Gasteiger partial charge in [0.15, 0.2) is 17.4 Å². The Morgan fingerprint density at radius 1 is 1.46 bits per heavy atom. The summed E-state index contributed by atoms with van der Waals surface area (Å²) in [5, 5.41) is 8.94. The minimum absolute atomic E-state index is 0.149. The van der Waals surface area contributed by atoms with Gasteiger partial charge in [0.1, 0.15) is 0 Å². The molecule has 1 aromatic rings. The standard InChI is InChI=1S/C9H11F2NO/c1-5(12)2-6-3-7(10)9(11)8(13)4-6/h3-5,13H,2,12H2,1H3. The zero-order valence-corrected chi connectivity index (χ0v) is 7.22. The molecule has 0 bridgehead atoms. The van der Waals surface area contributed by atoms with Crippen molar-refractivity contribution in [2.45, 2.75) is 19.4 Å². The number of hydrogen-bond acceptors (Lipinski definition) is 2. The molecule has 72 valence electrons. The van der Waals surface area contributed by atoms with Gasteiger partial charge in [-0.25, -0.2) is 4.39 Å². The lowest BCUT2D eigenvalue weighted by Gasteiger charge is -2.06. The third-order valence-corrected chi connectivity index (χ3v) is 1.63. The highest BCUT2D eigenvalue weighted by Crippen LogP contribution is 2.21. The zero-order chi connectivity index (χ0) is 10.0. The van der Waals surface area contributed by atoms with E-state index in [0.717, 1.165) is 6.07 Å². The Morgan fingerprint density at radius 3 is 2.54 bits per heavy atom. The molecule has 1 aromatic carbocycles. The number of phenols is 1. The summed E-state index contributed by atoms with van der Waals surface area (Å²) in [6.45, 7) is 1.75. The van der Waals surface area contributed by atoms with Gasteiger partial charge in [-0.3, -0.25) is 0 Å². The Labute approximate surface area is 75.0 Å². The van der Waals surface area contributed by atoms with Crippen molar-refractivity contribution in [3.05, 3.63) is 29.3 Å². The van der Waals surface area contributed by atoms with Crippen molar-refractivity contribution in [2.24, 2.45) is 5.73 Å². The highest BCUT2D eigenvalue weighted by molar-refractivity contribution is 5.30. The van der Waals surface area contributed by atoms with E-state index in [-0.39, 0.29) is 6.04 Å². The molecule has 0 radical (unpaired) electrons. The molecule has 0 aliphatic carbocycles. The molecule has 0 fully saturated rings. The maximum atomic E-state index is 12.7. The first kappa shape index (κ1) is 9.92. The van der Waals surface area contributed by atoms with Gasteiger partial charge in [-0.2, -0.15) is 4.39 Å². The van der Waals surface area contributed by atoms with Gasteiger partial charge in [0.2, 0.25) is 0 Å². The van der Waals surface area contributed by atoms with Crippen LogP contribution in [-0.4, -0.2) is 11.1 Å². The first-order valence-corrected chi connectivity index (χ1v) is 3.93. The van der Waals surface area contributed by atoms with Crippen molar-refractivity contribution >= 4 is 0 Å². The largest absolute Gasteiger partial charge is 0.505 e. The van der Waals surface area contributed by atoms with Crippen LogP contribution in [-0.2, 0) is 6.42 Å².